The maximum atomic E-state index is 10.1. The van der Waals surface area contributed by atoms with Crippen LogP contribution in [0.25, 0.3) is 0 Å². The standard InChI is InChI=1S/C18H20BrNO/c1-12-7-8-14-5-3-4-6-17(14)20(12)18-10-9-15(19)11-16(18)13(2)21/h3-6,9-13,21H,7-8H2,1-2H3. The van der Waals surface area contributed by atoms with Crippen molar-refractivity contribution < 1.29 is 5.11 Å². The van der Waals surface area contributed by atoms with E-state index in [0.29, 0.717) is 6.04 Å². The molecular formula is C18H20BrNO. The van der Waals surface area contributed by atoms with E-state index >= 15 is 0 Å². The van der Waals surface area contributed by atoms with Crippen molar-refractivity contribution in [2.75, 3.05) is 4.90 Å². The number of hydrogen-bond donors (Lipinski definition) is 1. The van der Waals surface area contributed by atoms with Crippen molar-refractivity contribution in [2.24, 2.45) is 0 Å². The van der Waals surface area contributed by atoms with Crippen LogP contribution in [0.5, 0.6) is 0 Å². The highest BCUT2D eigenvalue weighted by Gasteiger charge is 2.26. The van der Waals surface area contributed by atoms with Crippen LogP contribution in [0, 0.1) is 0 Å². The topological polar surface area (TPSA) is 23.5 Å². The van der Waals surface area contributed by atoms with E-state index in [0.717, 1.165) is 28.6 Å². The average molecular weight is 346 g/mol. The third-order valence-corrected chi connectivity index (χ3v) is 4.72. The molecule has 2 aromatic carbocycles. The maximum absolute atomic E-state index is 10.1. The van der Waals surface area contributed by atoms with Gasteiger partial charge in [-0.1, -0.05) is 34.1 Å². The first-order valence-electron chi connectivity index (χ1n) is 7.42. The van der Waals surface area contributed by atoms with Gasteiger partial charge in [-0.05, 0) is 56.5 Å². The van der Waals surface area contributed by atoms with Gasteiger partial charge in [0, 0.05) is 27.5 Å². The summed E-state index contributed by atoms with van der Waals surface area (Å²) in [5.41, 5.74) is 4.72. The van der Waals surface area contributed by atoms with Crippen molar-refractivity contribution in [3.8, 4) is 0 Å². The van der Waals surface area contributed by atoms with E-state index < -0.39 is 6.10 Å². The summed E-state index contributed by atoms with van der Waals surface area (Å²) in [7, 11) is 0. The fourth-order valence-corrected chi connectivity index (χ4v) is 3.51. The van der Waals surface area contributed by atoms with Crippen LogP contribution < -0.4 is 4.90 Å². The number of nitrogens with zero attached hydrogens (tertiary/aromatic N) is 1. The van der Waals surface area contributed by atoms with Gasteiger partial charge < -0.3 is 10.0 Å². The minimum absolute atomic E-state index is 0.429. The lowest BCUT2D eigenvalue weighted by Gasteiger charge is -2.38. The highest BCUT2D eigenvalue weighted by molar-refractivity contribution is 9.10. The fraction of sp³-hybridized carbons (Fsp3) is 0.333. The molecule has 3 rings (SSSR count). The first-order chi connectivity index (χ1) is 10.1. The molecule has 1 heterocycles. The Balaban J connectivity index is 2.16. The monoisotopic (exact) mass is 345 g/mol. The van der Waals surface area contributed by atoms with Crippen LogP contribution in [-0.2, 0) is 6.42 Å². The predicted molar refractivity (Wildman–Crippen MR) is 91.1 cm³/mol. The van der Waals surface area contributed by atoms with Crippen LogP contribution in [0.15, 0.2) is 46.9 Å². The van der Waals surface area contributed by atoms with E-state index in [1.165, 1.54) is 11.3 Å². The molecule has 0 bridgehead atoms. The minimum atomic E-state index is -0.487. The highest BCUT2D eigenvalue weighted by Crippen LogP contribution is 2.40. The number of para-hydroxylation sites is 1. The fourth-order valence-electron chi connectivity index (χ4n) is 3.13. The van der Waals surface area contributed by atoms with Gasteiger partial charge in [0.05, 0.1) is 6.10 Å². The number of benzene rings is 2. The molecule has 0 fully saturated rings. The van der Waals surface area contributed by atoms with E-state index in [9.17, 15) is 5.11 Å². The summed E-state index contributed by atoms with van der Waals surface area (Å²) >= 11 is 3.51. The summed E-state index contributed by atoms with van der Waals surface area (Å²) in [5, 5.41) is 10.1. The number of halogens is 1. The van der Waals surface area contributed by atoms with Crippen LogP contribution in [0.2, 0.25) is 0 Å². The molecule has 2 aromatic rings. The SMILES string of the molecule is CC(O)c1cc(Br)ccc1N1c2ccccc2CCC1C. The van der Waals surface area contributed by atoms with Gasteiger partial charge in [-0.25, -0.2) is 0 Å². The lowest BCUT2D eigenvalue weighted by atomic mass is 9.94. The quantitative estimate of drug-likeness (QED) is 0.829. The molecule has 1 aliphatic heterocycles. The first-order valence-corrected chi connectivity index (χ1v) is 8.22. The molecule has 2 nitrogen and oxygen atoms in total. The van der Waals surface area contributed by atoms with Gasteiger partial charge in [0.2, 0.25) is 0 Å². The lowest BCUT2D eigenvalue weighted by molar-refractivity contribution is 0.199. The van der Waals surface area contributed by atoms with Gasteiger partial charge in [-0.15, -0.1) is 0 Å². The molecule has 0 aliphatic carbocycles. The number of fused-ring (bicyclic) bond motifs is 1. The zero-order valence-corrected chi connectivity index (χ0v) is 14.0. The molecule has 21 heavy (non-hydrogen) atoms. The molecule has 0 amide bonds. The Morgan fingerprint density at radius 2 is 1.95 bits per heavy atom. The Morgan fingerprint density at radius 1 is 1.19 bits per heavy atom. The largest absolute Gasteiger partial charge is 0.389 e. The number of anilines is 2. The van der Waals surface area contributed by atoms with Crippen LogP contribution >= 0.6 is 15.9 Å². The van der Waals surface area contributed by atoms with E-state index in [2.05, 4.69) is 58.1 Å². The smallest absolute Gasteiger partial charge is 0.0782 e. The normalized spacial score (nSPS) is 19.2. The Morgan fingerprint density at radius 3 is 2.71 bits per heavy atom. The third kappa shape index (κ3) is 2.72. The van der Waals surface area contributed by atoms with Crippen molar-refractivity contribution >= 4 is 27.3 Å². The second-order valence-corrected chi connectivity index (χ2v) is 6.68. The summed E-state index contributed by atoms with van der Waals surface area (Å²) < 4.78 is 1.00. The number of aliphatic hydroxyl groups excluding tert-OH is 1. The van der Waals surface area contributed by atoms with E-state index in [1.54, 1.807) is 0 Å². The van der Waals surface area contributed by atoms with Crippen molar-refractivity contribution in [2.45, 2.75) is 38.8 Å². The van der Waals surface area contributed by atoms with Gasteiger partial charge in [0.25, 0.3) is 0 Å². The summed E-state index contributed by atoms with van der Waals surface area (Å²) in [6, 6.07) is 15.2. The highest BCUT2D eigenvalue weighted by atomic mass is 79.9. The molecular weight excluding hydrogens is 326 g/mol. The Kier molecular flexibility index (Phi) is 4.05. The molecule has 1 aliphatic rings. The molecule has 0 saturated heterocycles. The molecule has 2 atom stereocenters. The summed E-state index contributed by atoms with van der Waals surface area (Å²) in [6.45, 7) is 4.08. The molecule has 0 spiro atoms. The average Bonchev–Trinajstić information content (AvgIpc) is 2.47. The summed E-state index contributed by atoms with van der Waals surface area (Å²) in [5.74, 6) is 0. The van der Waals surface area contributed by atoms with E-state index in [1.807, 2.05) is 19.1 Å². The van der Waals surface area contributed by atoms with Crippen molar-refractivity contribution in [3.63, 3.8) is 0 Å². The number of rotatable bonds is 2. The van der Waals surface area contributed by atoms with Crippen LogP contribution in [0.4, 0.5) is 11.4 Å². The van der Waals surface area contributed by atoms with Crippen molar-refractivity contribution in [1.82, 2.24) is 0 Å². The predicted octanol–water partition coefficient (Wildman–Crippen LogP) is 4.98. The van der Waals surface area contributed by atoms with Crippen LogP contribution in [-0.4, -0.2) is 11.1 Å². The van der Waals surface area contributed by atoms with Gasteiger partial charge in [-0.2, -0.15) is 0 Å². The molecule has 0 aromatic heterocycles. The van der Waals surface area contributed by atoms with Crippen molar-refractivity contribution in [3.05, 3.63) is 58.1 Å². The van der Waals surface area contributed by atoms with Gasteiger partial charge in [0.15, 0.2) is 0 Å². The Bertz CT molecular complexity index is 653. The van der Waals surface area contributed by atoms with Gasteiger partial charge in [-0.3, -0.25) is 0 Å². The minimum Gasteiger partial charge on any atom is -0.389 e. The second kappa shape index (κ2) is 5.82. The van der Waals surface area contributed by atoms with E-state index in [4.69, 9.17) is 0 Å². The zero-order valence-electron chi connectivity index (χ0n) is 12.4. The number of aliphatic hydroxyl groups is 1. The third-order valence-electron chi connectivity index (χ3n) is 4.22. The van der Waals surface area contributed by atoms with Crippen molar-refractivity contribution in [1.29, 1.82) is 0 Å². The van der Waals surface area contributed by atoms with Crippen LogP contribution in [0.1, 0.15) is 37.5 Å². The molecule has 1 N–H and O–H groups in total. The van der Waals surface area contributed by atoms with Gasteiger partial charge >= 0.3 is 0 Å². The molecule has 0 radical (unpaired) electrons. The second-order valence-electron chi connectivity index (χ2n) is 5.77. The number of aryl methyl sites for hydroxylation is 1. The van der Waals surface area contributed by atoms with Gasteiger partial charge in [0.1, 0.15) is 0 Å². The summed E-state index contributed by atoms with van der Waals surface area (Å²) in [4.78, 5) is 2.37. The lowest BCUT2D eigenvalue weighted by Crippen LogP contribution is -2.34. The Labute approximate surface area is 134 Å². The first kappa shape index (κ1) is 14.6. The van der Waals surface area contributed by atoms with Crippen LogP contribution in [0.3, 0.4) is 0 Å². The molecule has 2 unspecified atom stereocenters. The van der Waals surface area contributed by atoms with E-state index in [-0.39, 0.29) is 0 Å². The summed E-state index contributed by atoms with van der Waals surface area (Å²) in [6.07, 6.45) is 1.76. The number of hydrogen-bond acceptors (Lipinski definition) is 2. The molecule has 110 valence electrons. The maximum Gasteiger partial charge on any atom is 0.0782 e. The Hall–Kier alpha value is -1.32. The molecule has 0 saturated carbocycles. The zero-order chi connectivity index (χ0) is 15.0. The molecule has 3 heteroatoms.